The number of non-ortho nitro benzene ring substituents is 1. The zero-order valence-electron chi connectivity index (χ0n) is 13.4. The van der Waals surface area contributed by atoms with E-state index < -0.39 is 4.92 Å². The number of thiophene rings is 1. The Balaban J connectivity index is 1.67. The minimum atomic E-state index is -0.464. The Bertz CT molecular complexity index is 983. The molecule has 0 aliphatic heterocycles. The summed E-state index contributed by atoms with van der Waals surface area (Å²) in [6.07, 6.45) is 3.21. The van der Waals surface area contributed by atoms with Crippen molar-refractivity contribution in [3.05, 3.63) is 85.3 Å². The third kappa shape index (κ3) is 4.55. The molecule has 0 aliphatic rings. The fourth-order valence-electron chi connectivity index (χ4n) is 2.25. The van der Waals surface area contributed by atoms with Gasteiger partial charge in [0.15, 0.2) is 0 Å². The first kappa shape index (κ1) is 18.3. The largest absolute Gasteiger partial charge is 0.322 e. The molecule has 2 aromatic carbocycles. The van der Waals surface area contributed by atoms with Crippen LogP contribution >= 0.6 is 33.9 Å². The number of carbonyl (C=O) groups excluding carboxylic acids is 1. The van der Waals surface area contributed by atoms with Crippen LogP contribution in [0.3, 0.4) is 0 Å². The van der Waals surface area contributed by atoms with E-state index in [1.807, 2.05) is 65.1 Å². The lowest BCUT2D eigenvalue weighted by Crippen LogP contribution is -2.09. The molecule has 0 spiro atoms. The zero-order valence-corrected chi connectivity index (χ0v) is 16.4. The molecule has 130 valence electrons. The quantitative estimate of drug-likeness (QED) is 0.226. The maximum absolute atomic E-state index is 12.1. The molecule has 0 unspecified atom stereocenters. The molecule has 0 atom stereocenters. The molecule has 0 aliphatic carbocycles. The lowest BCUT2D eigenvalue weighted by molar-refractivity contribution is -0.384. The lowest BCUT2D eigenvalue weighted by Gasteiger charge is -2.04. The Morgan fingerprint density at radius 1 is 1.12 bits per heavy atom. The van der Waals surface area contributed by atoms with Gasteiger partial charge in [-0.25, -0.2) is 0 Å². The molecule has 0 fully saturated rings. The zero-order chi connectivity index (χ0) is 18.5. The number of amides is 1. The average Bonchev–Trinajstić information content (AvgIpc) is 3.11. The minimum absolute atomic E-state index is 0.00466. The normalized spacial score (nSPS) is 10.8. The highest BCUT2D eigenvalue weighted by Crippen LogP contribution is 2.28. The fraction of sp³-hybridized carbons (Fsp3) is 0. The Morgan fingerprint density at radius 3 is 2.58 bits per heavy atom. The van der Waals surface area contributed by atoms with Crippen LogP contribution in [0.4, 0.5) is 11.4 Å². The van der Waals surface area contributed by atoms with Gasteiger partial charge in [0, 0.05) is 31.5 Å². The van der Waals surface area contributed by atoms with Gasteiger partial charge in [-0.3, -0.25) is 14.9 Å². The van der Waals surface area contributed by atoms with E-state index in [1.165, 1.54) is 24.3 Å². The second-order valence-electron chi connectivity index (χ2n) is 5.31. The molecule has 7 heteroatoms. The summed E-state index contributed by atoms with van der Waals surface area (Å²) in [5.41, 5.74) is 1.68. The summed E-state index contributed by atoms with van der Waals surface area (Å²) in [7, 11) is 0. The second kappa shape index (κ2) is 8.24. The Morgan fingerprint density at radius 2 is 1.88 bits per heavy atom. The second-order valence-corrected chi connectivity index (χ2v) is 7.59. The van der Waals surface area contributed by atoms with Gasteiger partial charge < -0.3 is 5.32 Å². The molecular formula is C19H13IN2O3S. The first-order valence-electron chi connectivity index (χ1n) is 7.61. The van der Waals surface area contributed by atoms with Crippen molar-refractivity contribution in [3.63, 3.8) is 0 Å². The van der Waals surface area contributed by atoms with Crippen LogP contribution in [-0.4, -0.2) is 10.8 Å². The monoisotopic (exact) mass is 476 g/mol. The molecule has 3 aromatic rings. The van der Waals surface area contributed by atoms with Crippen LogP contribution in [0.15, 0.2) is 66.7 Å². The number of nitro groups is 1. The van der Waals surface area contributed by atoms with Crippen molar-refractivity contribution < 1.29 is 9.72 Å². The molecule has 0 bridgehead atoms. The van der Waals surface area contributed by atoms with Gasteiger partial charge in [-0.1, -0.05) is 30.3 Å². The minimum Gasteiger partial charge on any atom is -0.322 e. The summed E-state index contributed by atoms with van der Waals surface area (Å²) in [6.45, 7) is 0. The Hall–Kier alpha value is -2.52. The van der Waals surface area contributed by atoms with E-state index >= 15 is 0 Å². The summed E-state index contributed by atoms with van der Waals surface area (Å²) in [4.78, 5) is 24.5. The smallest absolute Gasteiger partial charge is 0.270 e. The first-order chi connectivity index (χ1) is 12.5. The lowest BCUT2D eigenvalue weighted by atomic mass is 10.2. The number of benzene rings is 2. The van der Waals surface area contributed by atoms with Crippen molar-refractivity contribution in [1.29, 1.82) is 0 Å². The van der Waals surface area contributed by atoms with Crippen LogP contribution in [0.5, 0.6) is 0 Å². The number of halogens is 1. The molecule has 0 radical (unpaired) electrons. The number of nitrogens with one attached hydrogen (secondary N) is 1. The molecule has 1 amide bonds. The maximum atomic E-state index is 12.1. The topological polar surface area (TPSA) is 72.2 Å². The summed E-state index contributed by atoms with van der Waals surface area (Å²) in [5.74, 6) is -0.286. The number of carbonyl (C=O) groups is 1. The Kier molecular flexibility index (Phi) is 5.79. The van der Waals surface area contributed by atoms with Gasteiger partial charge in [0.25, 0.3) is 5.69 Å². The molecule has 3 rings (SSSR count). The van der Waals surface area contributed by atoms with Crippen molar-refractivity contribution in [2.24, 2.45) is 0 Å². The number of rotatable bonds is 5. The van der Waals surface area contributed by atoms with E-state index in [1.54, 1.807) is 17.4 Å². The number of anilines is 1. The standard InChI is InChI=1S/C19H13IN2O3S/c20-16-12-14(22(24)25)6-9-17(16)21-19(23)11-8-15-7-10-18(26-15)13-4-2-1-3-5-13/h1-12H,(H,21,23)/b11-8+. The number of nitrogens with zero attached hydrogens (tertiary/aromatic N) is 1. The van der Waals surface area contributed by atoms with Gasteiger partial charge in [0.1, 0.15) is 0 Å². The third-order valence-corrected chi connectivity index (χ3v) is 5.50. The summed E-state index contributed by atoms with van der Waals surface area (Å²) in [6, 6.07) is 18.4. The van der Waals surface area contributed by atoms with Crippen molar-refractivity contribution in [1.82, 2.24) is 0 Å². The van der Waals surface area contributed by atoms with Gasteiger partial charge in [-0.05, 0) is 52.4 Å². The van der Waals surface area contributed by atoms with Crippen molar-refractivity contribution >= 4 is 57.3 Å². The van der Waals surface area contributed by atoms with E-state index in [-0.39, 0.29) is 11.6 Å². The van der Waals surface area contributed by atoms with Gasteiger partial charge in [0.05, 0.1) is 10.6 Å². The number of nitro benzene ring substituents is 1. The maximum Gasteiger partial charge on any atom is 0.270 e. The van der Waals surface area contributed by atoms with Crippen LogP contribution in [0, 0.1) is 13.7 Å². The van der Waals surface area contributed by atoms with Crippen LogP contribution in [0.25, 0.3) is 16.5 Å². The Labute approximate surface area is 167 Å². The molecule has 0 saturated heterocycles. The van der Waals surface area contributed by atoms with Gasteiger partial charge >= 0.3 is 0 Å². The molecular weight excluding hydrogens is 463 g/mol. The highest BCUT2D eigenvalue weighted by Gasteiger charge is 2.10. The molecule has 5 nitrogen and oxygen atoms in total. The van der Waals surface area contributed by atoms with Crippen molar-refractivity contribution in [2.45, 2.75) is 0 Å². The third-order valence-electron chi connectivity index (χ3n) is 3.51. The van der Waals surface area contributed by atoms with Crippen LogP contribution in [0.2, 0.25) is 0 Å². The highest BCUT2D eigenvalue weighted by atomic mass is 127. The van der Waals surface area contributed by atoms with E-state index in [9.17, 15) is 14.9 Å². The average molecular weight is 476 g/mol. The number of hydrogen-bond donors (Lipinski definition) is 1. The SMILES string of the molecule is O=C(/C=C/c1ccc(-c2ccccc2)s1)Nc1ccc([N+](=O)[O-])cc1I. The molecule has 1 N–H and O–H groups in total. The molecule has 1 heterocycles. The summed E-state index contributed by atoms with van der Waals surface area (Å²) >= 11 is 3.56. The van der Waals surface area contributed by atoms with E-state index in [0.717, 1.165) is 15.3 Å². The van der Waals surface area contributed by atoms with Crippen LogP contribution < -0.4 is 5.32 Å². The van der Waals surface area contributed by atoms with E-state index in [2.05, 4.69) is 5.32 Å². The van der Waals surface area contributed by atoms with Crippen molar-refractivity contribution in [2.75, 3.05) is 5.32 Å². The van der Waals surface area contributed by atoms with Gasteiger partial charge in [0.2, 0.25) is 5.91 Å². The first-order valence-corrected chi connectivity index (χ1v) is 9.51. The fourth-order valence-corrected chi connectivity index (χ4v) is 3.80. The van der Waals surface area contributed by atoms with E-state index in [4.69, 9.17) is 0 Å². The summed E-state index contributed by atoms with van der Waals surface area (Å²) < 4.78 is 0.612. The molecule has 1 aromatic heterocycles. The predicted molar refractivity (Wildman–Crippen MR) is 113 cm³/mol. The molecule has 0 saturated carbocycles. The van der Waals surface area contributed by atoms with Gasteiger partial charge in [-0.15, -0.1) is 11.3 Å². The van der Waals surface area contributed by atoms with Gasteiger partial charge in [-0.2, -0.15) is 0 Å². The van der Waals surface area contributed by atoms with Crippen LogP contribution in [0.1, 0.15) is 4.88 Å². The predicted octanol–water partition coefficient (Wildman–Crippen LogP) is 5.58. The van der Waals surface area contributed by atoms with Crippen LogP contribution in [-0.2, 0) is 4.79 Å². The van der Waals surface area contributed by atoms with E-state index in [0.29, 0.717) is 9.26 Å². The van der Waals surface area contributed by atoms with Crippen molar-refractivity contribution in [3.8, 4) is 10.4 Å². The highest BCUT2D eigenvalue weighted by molar-refractivity contribution is 14.1. The molecule has 26 heavy (non-hydrogen) atoms. The number of hydrogen-bond acceptors (Lipinski definition) is 4. The summed E-state index contributed by atoms with van der Waals surface area (Å²) in [5, 5.41) is 13.5.